The molecule has 0 saturated carbocycles. The van der Waals surface area contributed by atoms with Gasteiger partial charge in [-0.3, -0.25) is 14.5 Å². The van der Waals surface area contributed by atoms with Crippen molar-refractivity contribution in [3.8, 4) is 5.75 Å². The van der Waals surface area contributed by atoms with Gasteiger partial charge in [-0.1, -0.05) is 40.8 Å². The van der Waals surface area contributed by atoms with Gasteiger partial charge in [0.1, 0.15) is 18.9 Å². The fourth-order valence-electron chi connectivity index (χ4n) is 3.70. The first kappa shape index (κ1) is 23.2. The summed E-state index contributed by atoms with van der Waals surface area (Å²) in [7, 11) is 0. The first-order valence-corrected chi connectivity index (χ1v) is 11.9. The van der Waals surface area contributed by atoms with E-state index < -0.39 is 0 Å². The number of carbonyl (C=O) groups is 2. The molecular weight excluding hydrogens is 539 g/mol. The van der Waals surface area contributed by atoms with E-state index in [1.165, 1.54) is 4.90 Å². The average Bonchev–Trinajstić information content (AvgIpc) is 3.18. The quantitative estimate of drug-likeness (QED) is 0.349. The lowest BCUT2D eigenvalue weighted by Crippen LogP contribution is -2.40. The van der Waals surface area contributed by atoms with Gasteiger partial charge in [0.05, 0.1) is 13.2 Å². The molecule has 2 aromatic carbocycles. The van der Waals surface area contributed by atoms with Crippen LogP contribution in [-0.4, -0.2) is 51.8 Å². The number of para-hydroxylation sites is 1. The number of aliphatic hydroxyl groups excluding tert-OH is 1. The predicted octanol–water partition coefficient (Wildman–Crippen LogP) is 2.87. The summed E-state index contributed by atoms with van der Waals surface area (Å²) in [6.07, 6.45) is 0. The Hall–Kier alpha value is -2.99. The molecule has 2 heterocycles. The maximum absolute atomic E-state index is 13.7. The predicted molar refractivity (Wildman–Crippen MR) is 128 cm³/mol. The van der Waals surface area contributed by atoms with Crippen LogP contribution in [0.4, 0.5) is 5.69 Å². The van der Waals surface area contributed by atoms with Crippen molar-refractivity contribution in [3.63, 3.8) is 0 Å². The molecule has 1 aromatic heterocycles. The van der Waals surface area contributed by atoms with Crippen LogP contribution in [0.3, 0.4) is 0 Å². The summed E-state index contributed by atoms with van der Waals surface area (Å²) < 4.78 is 11.5. The van der Waals surface area contributed by atoms with Crippen molar-refractivity contribution in [2.24, 2.45) is 0 Å². The number of amides is 2. The lowest BCUT2D eigenvalue weighted by atomic mass is 10.1. The number of hydrogen-bond acceptors (Lipinski definition) is 7. The van der Waals surface area contributed by atoms with E-state index in [2.05, 4.69) is 32.8 Å². The molecule has 10 heteroatoms. The molecule has 3 aromatic rings. The van der Waals surface area contributed by atoms with E-state index in [1.54, 1.807) is 30.0 Å². The van der Waals surface area contributed by atoms with Gasteiger partial charge in [-0.2, -0.15) is 0 Å². The van der Waals surface area contributed by atoms with Gasteiger partial charge in [-0.05, 0) is 35.4 Å². The van der Waals surface area contributed by atoms with Crippen molar-refractivity contribution in [1.29, 1.82) is 0 Å². The molecule has 1 aliphatic heterocycles. The molecule has 172 valence electrons. The Labute approximate surface area is 204 Å². The molecule has 0 unspecified atom stereocenters. The zero-order chi connectivity index (χ0) is 23.4. The van der Waals surface area contributed by atoms with Crippen LogP contribution < -0.4 is 9.64 Å². The summed E-state index contributed by atoms with van der Waals surface area (Å²) in [4.78, 5) is 30.0. The number of nitrogens with zero attached hydrogens (tertiary/aromatic N) is 4. The Balaban J connectivity index is 1.65. The Morgan fingerprint density at radius 3 is 2.76 bits per heavy atom. The van der Waals surface area contributed by atoms with Gasteiger partial charge in [-0.15, -0.1) is 10.2 Å². The SMILES string of the molecule is Cc1nnc(CN2Cc3ccccc3N(C(=O)c3ccc(OCCO)cc3CI)CC2=O)o1. The molecule has 0 bridgehead atoms. The maximum Gasteiger partial charge on any atom is 0.259 e. The number of carbonyl (C=O) groups excluding carboxylic acids is 2. The molecule has 1 N–H and O–H groups in total. The van der Waals surface area contributed by atoms with E-state index in [-0.39, 0.29) is 38.1 Å². The summed E-state index contributed by atoms with van der Waals surface area (Å²) in [6, 6.07) is 12.7. The lowest BCUT2D eigenvalue weighted by Gasteiger charge is -2.23. The number of benzene rings is 2. The van der Waals surface area contributed by atoms with E-state index in [4.69, 9.17) is 14.3 Å². The number of fused-ring (bicyclic) bond motifs is 1. The zero-order valence-corrected chi connectivity index (χ0v) is 20.2. The second-order valence-electron chi connectivity index (χ2n) is 7.51. The number of halogens is 1. The fourth-order valence-corrected chi connectivity index (χ4v) is 4.33. The first-order valence-electron chi connectivity index (χ1n) is 10.4. The molecule has 9 nitrogen and oxygen atoms in total. The zero-order valence-electron chi connectivity index (χ0n) is 18.0. The van der Waals surface area contributed by atoms with Crippen LogP contribution in [0.1, 0.15) is 33.3 Å². The second kappa shape index (κ2) is 10.3. The third-order valence-corrected chi connectivity index (χ3v) is 6.06. The second-order valence-corrected chi connectivity index (χ2v) is 8.27. The normalized spacial score (nSPS) is 13.6. The van der Waals surface area contributed by atoms with Gasteiger partial charge in [0.25, 0.3) is 5.91 Å². The molecular formula is C23H23IN4O5. The van der Waals surface area contributed by atoms with Crippen LogP contribution in [0.2, 0.25) is 0 Å². The van der Waals surface area contributed by atoms with Gasteiger partial charge >= 0.3 is 0 Å². The van der Waals surface area contributed by atoms with Crippen LogP contribution in [0.15, 0.2) is 46.9 Å². The Morgan fingerprint density at radius 1 is 1.21 bits per heavy atom. The molecule has 33 heavy (non-hydrogen) atoms. The molecule has 0 saturated heterocycles. The largest absolute Gasteiger partial charge is 0.491 e. The number of aromatic nitrogens is 2. The lowest BCUT2D eigenvalue weighted by molar-refractivity contribution is -0.131. The molecule has 0 fully saturated rings. The van der Waals surface area contributed by atoms with Gasteiger partial charge in [-0.25, -0.2) is 0 Å². The van der Waals surface area contributed by atoms with Crippen LogP contribution >= 0.6 is 22.6 Å². The minimum atomic E-state index is -0.258. The monoisotopic (exact) mass is 562 g/mol. The van der Waals surface area contributed by atoms with E-state index in [1.807, 2.05) is 24.3 Å². The van der Waals surface area contributed by atoms with Crippen LogP contribution in [0.5, 0.6) is 5.75 Å². The number of aryl methyl sites for hydroxylation is 1. The minimum absolute atomic E-state index is 0.0907. The van der Waals surface area contributed by atoms with Crippen molar-refractivity contribution >= 4 is 40.1 Å². The van der Waals surface area contributed by atoms with Crippen molar-refractivity contribution in [2.45, 2.75) is 24.4 Å². The Kier molecular flexibility index (Phi) is 7.23. The van der Waals surface area contributed by atoms with Crippen LogP contribution in [-0.2, 0) is 22.3 Å². The van der Waals surface area contributed by atoms with E-state index in [0.29, 0.717) is 39.8 Å². The molecule has 0 aliphatic carbocycles. The van der Waals surface area contributed by atoms with Crippen molar-refractivity contribution in [3.05, 3.63) is 70.9 Å². The van der Waals surface area contributed by atoms with Gasteiger partial charge in [0.15, 0.2) is 0 Å². The highest BCUT2D eigenvalue weighted by Crippen LogP contribution is 2.30. The minimum Gasteiger partial charge on any atom is -0.491 e. The molecule has 4 rings (SSSR count). The van der Waals surface area contributed by atoms with Gasteiger partial charge in [0.2, 0.25) is 17.7 Å². The Bertz CT molecular complexity index is 1170. The van der Waals surface area contributed by atoms with E-state index in [0.717, 1.165) is 11.1 Å². The summed E-state index contributed by atoms with van der Waals surface area (Å²) in [6.45, 7) is 2.18. The third-order valence-electron chi connectivity index (χ3n) is 5.24. The van der Waals surface area contributed by atoms with Gasteiger partial charge in [0, 0.05) is 29.1 Å². The summed E-state index contributed by atoms with van der Waals surface area (Å²) in [5.74, 6) is 0.896. The standard InChI is InChI=1S/C23H23IN4O5/c1-15-25-26-21(33-15)13-27-12-16-4-2-3-5-20(16)28(14-22(27)30)23(31)19-7-6-18(32-9-8-29)10-17(19)11-24/h2-7,10,29H,8-9,11-14H2,1H3. The highest BCUT2D eigenvalue weighted by molar-refractivity contribution is 14.1. The number of hydrogen-bond donors (Lipinski definition) is 1. The van der Waals surface area contributed by atoms with Crippen LogP contribution in [0.25, 0.3) is 0 Å². The van der Waals surface area contributed by atoms with Crippen molar-refractivity contribution < 1.29 is 23.8 Å². The highest BCUT2D eigenvalue weighted by Gasteiger charge is 2.31. The number of alkyl halides is 1. The first-order chi connectivity index (χ1) is 16.0. The summed E-state index contributed by atoms with van der Waals surface area (Å²) in [5, 5.41) is 16.8. The van der Waals surface area contributed by atoms with Crippen LogP contribution in [0, 0.1) is 6.92 Å². The van der Waals surface area contributed by atoms with E-state index >= 15 is 0 Å². The summed E-state index contributed by atoms with van der Waals surface area (Å²) >= 11 is 2.19. The third kappa shape index (κ3) is 5.17. The summed E-state index contributed by atoms with van der Waals surface area (Å²) in [5.41, 5.74) is 2.85. The number of anilines is 1. The van der Waals surface area contributed by atoms with E-state index in [9.17, 15) is 9.59 Å². The fraction of sp³-hybridized carbons (Fsp3) is 0.304. The number of rotatable bonds is 7. The topological polar surface area (TPSA) is 109 Å². The van der Waals surface area contributed by atoms with Crippen molar-refractivity contribution in [1.82, 2.24) is 15.1 Å². The molecule has 0 spiro atoms. The average molecular weight is 562 g/mol. The molecule has 0 atom stereocenters. The van der Waals surface area contributed by atoms with Crippen molar-refractivity contribution in [2.75, 3.05) is 24.7 Å². The molecule has 1 aliphatic rings. The molecule has 0 radical (unpaired) electrons. The molecule has 2 amide bonds. The number of ether oxygens (including phenoxy) is 1. The smallest absolute Gasteiger partial charge is 0.259 e. The number of aliphatic hydroxyl groups is 1. The van der Waals surface area contributed by atoms with Gasteiger partial charge < -0.3 is 19.2 Å². The maximum atomic E-state index is 13.7. The highest BCUT2D eigenvalue weighted by atomic mass is 127. The Morgan fingerprint density at radius 2 is 2.03 bits per heavy atom.